The van der Waals surface area contributed by atoms with E-state index in [4.69, 9.17) is 9.47 Å². The molecular formula is C24H19N3O10S. The number of carbonyl (C=O) groups is 5. The molecule has 0 aromatic heterocycles. The van der Waals surface area contributed by atoms with Crippen LogP contribution < -0.4 is 5.32 Å². The van der Waals surface area contributed by atoms with Gasteiger partial charge in [0.15, 0.2) is 0 Å². The maximum atomic E-state index is 12.9. The zero-order valence-electron chi connectivity index (χ0n) is 19.3. The number of amides is 2. The molecule has 38 heavy (non-hydrogen) atoms. The standard InChI is InChI=1S/C24H19N3O10S/c28-12-37-19(14-4-2-1-3-5-14)20(29)25-17-21(30)26-18(23(31)32)16(11-38-22(17)26)24(33)36-10-13-6-8-15(9-7-13)27(34)35/h1-9,12,17,19,22H,10-11H2,(H,25,29)(H,31,32)/t17?,19?,22-/m0/s1. The van der Waals surface area contributed by atoms with Crippen molar-refractivity contribution >= 4 is 47.7 Å². The number of nitrogens with zero attached hydrogens (tertiary/aromatic N) is 2. The van der Waals surface area contributed by atoms with E-state index in [9.17, 15) is 39.2 Å². The Morgan fingerprint density at radius 1 is 1.18 bits per heavy atom. The quantitative estimate of drug-likeness (QED) is 0.145. The first-order valence-electron chi connectivity index (χ1n) is 11.0. The van der Waals surface area contributed by atoms with Crippen molar-refractivity contribution in [3.8, 4) is 0 Å². The normalized spacial score (nSPS) is 18.9. The number of nitro groups is 1. The zero-order valence-corrected chi connectivity index (χ0v) is 20.2. The number of benzene rings is 2. The fraction of sp³-hybridized carbons (Fsp3) is 0.208. The number of nitro benzene ring substituents is 1. The van der Waals surface area contributed by atoms with E-state index in [1.807, 2.05) is 0 Å². The predicted octanol–water partition coefficient (Wildman–Crippen LogP) is 1.29. The fourth-order valence-corrected chi connectivity index (χ4v) is 5.26. The summed E-state index contributed by atoms with van der Waals surface area (Å²) in [6, 6.07) is 12.3. The number of nitrogens with one attached hydrogen (secondary N) is 1. The van der Waals surface area contributed by atoms with Gasteiger partial charge in [0.05, 0.1) is 10.5 Å². The third-order valence-electron chi connectivity index (χ3n) is 5.76. The number of hydrogen-bond acceptors (Lipinski definition) is 10. The van der Waals surface area contributed by atoms with Gasteiger partial charge in [0.1, 0.15) is 23.7 Å². The number of fused-ring (bicyclic) bond motifs is 1. The zero-order chi connectivity index (χ0) is 27.4. The lowest BCUT2D eigenvalue weighted by atomic mass is 10.0. The number of hydrogen-bond donors (Lipinski definition) is 2. The molecule has 2 aromatic carbocycles. The van der Waals surface area contributed by atoms with Gasteiger partial charge in [-0.25, -0.2) is 9.59 Å². The van der Waals surface area contributed by atoms with Crippen molar-refractivity contribution in [2.45, 2.75) is 24.1 Å². The Labute approximate surface area is 218 Å². The molecule has 2 unspecified atom stereocenters. The molecule has 0 bridgehead atoms. The topological polar surface area (TPSA) is 182 Å². The Balaban J connectivity index is 1.46. The van der Waals surface area contributed by atoms with Gasteiger partial charge in [-0.05, 0) is 17.7 Å². The Morgan fingerprint density at radius 3 is 2.47 bits per heavy atom. The number of β-lactam (4-membered cyclic amide) rings is 1. The molecule has 196 valence electrons. The van der Waals surface area contributed by atoms with Crippen LogP contribution in [0.2, 0.25) is 0 Å². The van der Waals surface area contributed by atoms with Gasteiger partial charge in [0, 0.05) is 23.4 Å². The van der Waals surface area contributed by atoms with Crippen LogP contribution in [-0.4, -0.2) is 62.3 Å². The van der Waals surface area contributed by atoms with Gasteiger partial charge in [-0.3, -0.25) is 29.4 Å². The number of rotatable bonds is 10. The van der Waals surface area contributed by atoms with E-state index < -0.39 is 51.9 Å². The average Bonchev–Trinajstić information content (AvgIpc) is 2.92. The van der Waals surface area contributed by atoms with Gasteiger partial charge < -0.3 is 19.9 Å². The lowest BCUT2D eigenvalue weighted by Crippen LogP contribution is -2.71. The summed E-state index contributed by atoms with van der Waals surface area (Å²) < 4.78 is 10.1. The number of carboxylic acids is 1. The van der Waals surface area contributed by atoms with Crippen molar-refractivity contribution in [3.05, 3.63) is 87.1 Å². The third kappa shape index (κ3) is 5.20. The van der Waals surface area contributed by atoms with Crippen molar-refractivity contribution in [2.24, 2.45) is 0 Å². The van der Waals surface area contributed by atoms with Gasteiger partial charge in [-0.15, -0.1) is 11.8 Å². The van der Waals surface area contributed by atoms with E-state index in [1.165, 1.54) is 24.3 Å². The van der Waals surface area contributed by atoms with Crippen LogP contribution in [0.3, 0.4) is 0 Å². The summed E-state index contributed by atoms with van der Waals surface area (Å²) >= 11 is 1.06. The molecule has 2 aromatic rings. The number of carboxylic acid groups (broad SMARTS) is 1. The molecular weight excluding hydrogens is 522 g/mol. The number of aliphatic carboxylic acids is 1. The van der Waals surface area contributed by atoms with Crippen molar-refractivity contribution in [1.29, 1.82) is 0 Å². The van der Waals surface area contributed by atoms with Crippen LogP contribution in [0.5, 0.6) is 0 Å². The number of carbonyl (C=O) groups excluding carboxylic acids is 4. The Hall–Kier alpha value is -4.72. The first-order valence-corrected chi connectivity index (χ1v) is 12.0. The molecule has 0 saturated carbocycles. The van der Waals surface area contributed by atoms with Crippen LogP contribution >= 0.6 is 11.8 Å². The van der Waals surface area contributed by atoms with Crippen molar-refractivity contribution in [1.82, 2.24) is 10.2 Å². The number of esters is 1. The minimum atomic E-state index is -1.53. The molecule has 2 aliphatic heterocycles. The van der Waals surface area contributed by atoms with E-state index in [-0.39, 0.29) is 30.1 Å². The smallest absolute Gasteiger partial charge is 0.353 e. The van der Waals surface area contributed by atoms with Crippen LogP contribution in [0.15, 0.2) is 65.9 Å². The van der Waals surface area contributed by atoms with Crippen LogP contribution in [0.25, 0.3) is 0 Å². The molecule has 13 nitrogen and oxygen atoms in total. The molecule has 4 rings (SSSR count). The monoisotopic (exact) mass is 541 g/mol. The maximum absolute atomic E-state index is 12.9. The molecule has 2 heterocycles. The highest BCUT2D eigenvalue weighted by Crippen LogP contribution is 2.41. The summed E-state index contributed by atoms with van der Waals surface area (Å²) in [4.78, 5) is 72.4. The van der Waals surface area contributed by atoms with E-state index in [0.29, 0.717) is 11.1 Å². The summed E-state index contributed by atoms with van der Waals surface area (Å²) in [5.41, 5.74) is -0.124. The second kappa shape index (κ2) is 11.1. The van der Waals surface area contributed by atoms with E-state index in [0.717, 1.165) is 16.7 Å². The average molecular weight is 541 g/mol. The van der Waals surface area contributed by atoms with Crippen LogP contribution in [0, 0.1) is 10.1 Å². The highest BCUT2D eigenvalue weighted by atomic mass is 32.2. The molecule has 1 saturated heterocycles. The molecule has 1 fully saturated rings. The van der Waals surface area contributed by atoms with Crippen molar-refractivity contribution < 1.29 is 43.5 Å². The summed E-state index contributed by atoms with van der Waals surface area (Å²) in [6.45, 7) is -0.160. The number of non-ortho nitro benzene ring substituents is 1. The largest absolute Gasteiger partial charge is 0.477 e. The van der Waals surface area contributed by atoms with Gasteiger partial charge in [0.2, 0.25) is 6.10 Å². The Morgan fingerprint density at radius 2 is 1.87 bits per heavy atom. The molecule has 0 aliphatic carbocycles. The highest BCUT2D eigenvalue weighted by molar-refractivity contribution is 8.00. The van der Waals surface area contributed by atoms with Crippen LogP contribution in [-0.2, 0) is 40.1 Å². The maximum Gasteiger partial charge on any atom is 0.353 e. The molecule has 2 amide bonds. The second-order valence-electron chi connectivity index (χ2n) is 8.05. The summed E-state index contributed by atoms with van der Waals surface area (Å²) in [6.07, 6.45) is -1.32. The molecule has 0 radical (unpaired) electrons. The summed E-state index contributed by atoms with van der Waals surface area (Å²) in [5.74, 6) is -4.13. The predicted molar refractivity (Wildman–Crippen MR) is 129 cm³/mol. The molecule has 2 N–H and O–H groups in total. The molecule has 0 spiro atoms. The SMILES string of the molecule is O=COC(C(=O)NC1C(=O)N2C(C(=O)O)=C(C(=O)OCc3ccc([N+](=O)[O-])cc3)CS[C@@H]12)c1ccccc1. The summed E-state index contributed by atoms with van der Waals surface area (Å²) in [5, 5.41) is 22.2. The van der Waals surface area contributed by atoms with E-state index >= 15 is 0 Å². The van der Waals surface area contributed by atoms with Crippen molar-refractivity contribution in [3.63, 3.8) is 0 Å². The first kappa shape index (κ1) is 26.3. The van der Waals surface area contributed by atoms with Gasteiger partial charge in [0.25, 0.3) is 24.0 Å². The minimum Gasteiger partial charge on any atom is -0.477 e. The van der Waals surface area contributed by atoms with Crippen LogP contribution in [0.1, 0.15) is 17.2 Å². The molecule has 2 aliphatic rings. The van der Waals surface area contributed by atoms with E-state index in [2.05, 4.69) is 5.32 Å². The van der Waals surface area contributed by atoms with E-state index in [1.54, 1.807) is 30.3 Å². The van der Waals surface area contributed by atoms with Gasteiger partial charge in [-0.1, -0.05) is 30.3 Å². The second-order valence-corrected chi connectivity index (χ2v) is 9.16. The molecule has 3 atom stereocenters. The number of thioether (sulfide) groups is 1. The highest BCUT2D eigenvalue weighted by Gasteiger charge is 2.55. The summed E-state index contributed by atoms with van der Waals surface area (Å²) in [7, 11) is 0. The lowest BCUT2D eigenvalue weighted by molar-refractivity contribution is -0.384. The van der Waals surface area contributed by atoms with Gasteiger partial charge >= 0.3 is 11.9 Å². The fourth-order valence-electron chi connectivity index (χ4n) is 3.93. The van der Waals surface area contributed by atoms with Crippen molar-refractivity contribution in [2.75, 3.05) is 5.75 Å². The number of ether oxygens (including phenoxy) is 2. The molecule has 14 heteroatoms. The lowest BCUT2D eigenvalue weighted by Gasteiger charge is -2.49. The van der Waals surface area contributed by atoms with Gasteiger partial charge in [-0.2, -0.15) is 0 Å². The first-order chi connectivity index (χ1) is 18.2. The Bertz CT molecular complexity index is 1330. The minimum absolute atomic E-state index is 0.112. The third-order valence-corrected chi connectivity index (χ3v) is 7.04. The Kier molecular flexibility index (Phi) is 7.71. The van der Waals surface area contributed by atoms with Crippen LogP contribution in [0.4, 0.5) is 5.69 Å².